The van der Waals surface area contributed by atoms with Crippen LogP contribution in [0.4, 0.5) is 35.6 Å². The zero-order valence-electron chi connectivity index (χ0n) is 16.0. The van der Waals surface area contributed by atoms with Gasteiger partial charge in [0.15, 0.2) is 5.13 Å². The molecule has 1 amide bonds. The van der Waals surface area contributed by atoms with Crippen molar-refractivity contribution in [3.8, 4) is 5.75 Å². The van der Waals surface area contributed by atoms with Crippen LogP contribution in [-0.4, -0.2) is 32.8 Å². The molecule has 4 aromatic rings. The molecule has 0 atom stereocenters. The summed E-state index contributed by atoms with van der Waals surface area (Å²) >= 11 is 0.957. The molecule has 3 N–H and O–H groups in total. The van der Waals surface area contributed by atoms with Gasteiger partial charge in [-0.05, 0) is 35.5 Å². The lowest BCUT2D eigenvalue weighted by molar-refractivity contribution is -0.717. The molecule has 0 fully saturated rings. The van der Waals surface area contributed by atoms with Gasteiger partial charge in [0.2, 0.25) is 0 Å². The number of halogens is 3. The van der Waals surface area contributed by atoms with Crippen LogP contribution in [0.3, 0.4) is 0 Å². The van der Waals surface area contributed by atoms with E-state index in [1.54, 1.807) is 7.05 Å². The van der Waals surface area contributed by atoms with Crippen LogP contribution >= 0.6 is 11.3 Å². The molecule has 4 rings (SSSR count). The second kappa shape index (κ2) is 8.18. The van der Waals surface area contributed by atoms with Gasteiger partial charge in [0.25, 0.3) is 5.91 Å². The molecule has 0 aliphatic rings. The fraction of sp³-hybridized carbons (Fsp3) is 0.118. The number of amides is 1. The Morgan fingerprint density at radius 2 is 2.06 bits per heavy atom. The van der Waals surface area contributed by atoms with Crippen LogP contribution in [0.5, 0.6) is 5.75 Å². The minimum absolute atomic E-state index is 0.0171. The number of nitroso groups, excluding NO2 is 1. The molecular formula is C17H12F3N8O3S+. The highest BCUT2D eigenvalue weighted by atomic mass is 32.1. The van der Waals surface area contributed by atoms with E-state index in [1.165, 1.54) is 35.0 Å². The molecule has 0 aliphatic heterocycles. The van der Waals surface area contributed by atoms with E-state index in [2.05, 4.69) is 41.1 Å². The Balaban J connectivity index is 1.61. The zero-order chi connectivity index (χ0) is 22.9. The Morgan fingerprint density at radius 3 is 2.75 bits per heavy atom. The van der Waals surface area contributed by atoms with Crippen molar-refractivity contribution >= 4 is 49.9 Å². The SMILES string of the molecule is C[n+]1[nH]nnc1Nc1ccc(N=O)cc1C(=O)Nc1nc2ccc(OC(F)(F)F)cc2s1. The van der Waals surface area contributed by atoms with Gasteiger partial charge in [-0.15, -0.1) is 23.3 Å². The maximum Gasteiger partial charge on any atom is 0.573 e. The molecule has 2 heterocycles. The van der Waals surface area contributed by atoms with E-state index >= 15 is 0 Å². The number of rotatable bonds is 6. The molecule has 0 bridgehead atoms. The second-order valence-corrected chi connectivity index (χ2v) is 7.31. The van der Waals surface area contributed by atoms with Crippen molar-refractivity contribution in [3.63, 3.8) is 0 Å². The summed E-state index contributed by atoms with van der Waals surface area (Å²) in [5, 5.41) is 18.5. The molecule has 164 valence electrons. The summed E-state index contributed by atoms with van der Waals surface area (Å²) in [6, 6.07) is 7.79. The summed E-state index contributed by atoms with van der Waals surface area (Å²) in [7, 11) is 1.64. The molecule has 2 aromatic carbocycles. The quantitative estimate of drug-likeness (QED) is 0.292. The average molecular weight is 465 g/mol. The van der Waals surface area contributed by atoms with E-state index < -0.39 is 18.0 Å². The minimum atomic E-state index is -4.82. The molecular weight excluding hydrogens is 453 g/mol. The number of nitrogens with one attached hydrogen (secondary N) is 3. The number of hydrogen-bond acceptors (Lipinski definition) is 9. The predicted molar refractivity (Wildman–Crippen MR) is 107 cm³/mol. The van der Waals surface area contributed by atoms with Crippen molar-refractivity contribution in [2.45, 2.75) is 6.36 Å². The first kappa shape index (κ1) is 21.1. The Hall–Kier alpha value is -4.14. The standard InChI is InChI=1S/C17H11F3N8O3S/c1-28-15(24-26-27-28)21-11-4-2-8(25-30)6-10(11)14(29)23-16-22-12-5-3-9(7-13(12)32-16)31-17(18,19)20/h2-7H,1H3,(H2,21,22,23,24,27,29,30)/p+1. The Morgan fingerprint density at radius 1 is 1.25 bits per heavy atom. The molecule has 0 spiro atoms. The number of benzene rings is 2. The number of aromatic nitrogens is 5. The zero-order valence-corrected chi connectivity index (χ0v) is 16.8. The van der Waals surface area contributed by atoms with E-state index in [4.69, 9.17) is 0 Å². The number of carbonyl (C=O) groups is 1. The van der Waals surface area contributed by atoms with Gasteiger partial charge in [-0.25, -0.2) is 4.98 Å². The largest absolute Gasteiger partial charge is 0.573 e. The Bertz CT molecular complexity index is 1320. The number of aromatic amines is 1. The Labute approximate surface area is 180 Å². The number of nitrogens with zero attached hydrogens (tertiary/aromatic N) is 5. The number of fused-ring (bicyclic) bond motifs is 1. The number of alkyl halides is 3. The summed E-state index contributed by atoms with van der Waals surface area (Å²) in [6.07, 6.45) is -4.82. The summed E-state index contributed by atoms with van der Waals surface area (Å²) in [6.45, 7) is 0. The number of aryl methyl sites for hydroxylation is 1. The molecule has 11 nitrogen and oxygen atoms in total. The highest BCUT2D eigenvalue weighted by Crippen LogP contribution is 2.32. The van der Waals surface area contributed by atoms with Crippen molar-refractivity contribution in [2.75, 3.05) is 10.6 Å². The lowest BCUT2D eigenvalue weighted by Crippen LogP contribution is -2.33. The summed E-state index contributed by atoms with van der Waals surface area (Å²) in [5.41, 5.74) is 0.756. The first-order chi connectivity index (χ1) is 15.2. The lowest BCUT2D eigenvalue weighted by Gasteiger charge is -2.07. The number of anilines is 3. The summed E-state index contributed by atoms with van der Waals surface area (Å²) < 4.78 is 43.0. The monoisotopic (exact) mass is 465 g/mol. The smallest absolute Gasteiger partial charge is 0.406 e. The number of carbonyl (C=O) groups excluding carboxylic acids is 1. The topological polar surface area (TPSA) is 138 Å². The van der Waals surface area contributed by atoms with E-state index in [0.29, 0.717) is 21.9 Å². The van der Waals surface area contributed by atoms with Crippen LogP contribution in [0.1, 0.15) is 10.4 Å². The molecule has 0 saturated carbocycles. The lowest BCUT2D eigenvalue weighted by atomic mass is 10.1. The number of thiazole rings is 1. The maximum atomic E-state index is 12.9. The molecule has 2 aromatic heterocycles. The van der Waals surface area contributed by atoms with Gasteiger partial charge in [0.05, 0.1) is 33.6 Å². The first-order valence-corrected chi connectivity index (χ1v) is 9.53. The molecule has 0 radical (unpaired) electrons. The average Bonchev–Trinajstić information content (AvgIpc) is 3.32. The van der Waals surface area contributed by atoms with E-state index in [1.807, 2.05) is 0 Å². The Kier molecular flexibility index (Phi) is 5.40. The van der Waals surface area contributed by atoms with Crippen LogP contribution in [0.25, 0.3) is 10.2 Å². The van der Waals surface area contributed by atoms with Gasteiger partial charge in [0.1, 0.15) is 16.7 Å². The van der Waals surface area contributed by atoms with Crippen molar-refractivity contribution in [1.29, 1.82) is 0 Å². The molecule has 0 saturated heterocycles. The van der Waals surface area contributed by atoms with Gasteiger partial charge in [-0.3, -0.25) is 15.4 Å². The van der Waals surface area contributed by atoms with E-state index in [-0.39, 0.29) is 16.4 Å². The van der Waals surface area contributed by atoms with Crippen molar-refractivity contribution in [3.05, 3.63) is 46.9 Å². The van der Waals surface area contributed by atoms with Crippen LogP contribution in [0.15, 0.2) is 41.6 Å². The molecule has 15 heteroatoms. The fourth-order valence-electron chi connectivity index (χ4n) is 2.69. The van der Waals surface area contributed by atoms with E-state index in [9.17, 15) is 22.9 Å². The first-order valence-electron chi connectivity index (χ1n) is 8.71. The van der Waals surface area contributed by atoms with Crippen LogP contribution in [0, 0.1) is 4.91 Å². The summed E-state index contributed by atoms with van der Waals surface area (Å²) in [5.74, 6) is -0.735. The van der Waals surface area contributed by atoms with Gasteiger partial charge in [0, 0.05) is 6.07 Å². The third-order valence-electron chi connectivity index (χ3n) is 4.07. The predicted octanol–water partition coefficient (Wildman–Crippen LogP) is 3.53. The number of H-pyrrole nitrogens is 1. The summed E-state index contributed by atoms with van der Waals surface area (Å²) in [4.78, 5) is 28.0. The van der Waals surface area contributed by atoms with Crippen LogP contribution in [-0.2, 0) is 7.05 Å². The normalized spacial score (nSPS) is 11.4. The van der Waals surface area contributed by atoms with Gasteiger partial charge in [-0.2, -0.15) is 4.68 Å². The van der Waals surface area contributed by atoms with Gasteiger partial charge >= 0.3 is 12.3 Å². The number of hydrogen-bond donors (Lipinski definition) is 3. The molecule has 0 aliphatic carbocycles. The number of ether oxygens (including phenoxy) is 1. The van der Waals surface area contributed by atoms with Crippen LogP contribution in [0.2, 0.25) is 0 Å². The van der Waals surface area contributed by atoms with Gasteiger partial charge < -0.3 is 4.74 Å². The highest BCUT2D eigenvalue weighted by Gasteiger charge is 2.31. The third-order valence-corrected chi connectivity index (χ3v) is 5.00. The van der Waals surface area contributed by atoms with Crippen molar-refractivity contribution < 1.29 is 27.4 Å². The fourth-order valence-corrected chi connectivity index (χ4v) is 3.58. The van der Waals surface area contributed by atoms with Crippen molar-refractivity contribution in [1.82, 2.24) is 20.5 Å². The maximum absolute atomic E-state index is 12.9. The second-order valence-electron chi connectivity index (χ2n) is 6.28. The van der Waals surface area contributed by atoms with Crippen molar-refractivity contribution in [2.24, 2.45) is 12.2 Å². The molecule has 0 unspecified atom stereocenters. The number of tetrazole rings is 1. The van der Waals surface area contributed by atoms with E-state index in [0.717, 1.165) is 17.4 Å². The minimum Gasteiger partial charge on any atom is -0.406 e. The van der Waals surface area contributed by atoms with Crippen LogP contribution < -0.4 is 20.1 Å². The highest BCUT2D eigenvalue weighted by molar-refractivity contribution is 7.22. The third kappa shape index (κ3) is 4.61. The van der Waals surface area contributed by atoms with Gasteiger partial charge in [-0.1, -0.05) is 11.3 Å². The molecule has 32 heavy (non-hydrogen) atoms.